The Balaban J connectivity index is 2.09. The van der Waals surface area contributed by atoms with Gasteiger partial charge in [0.05, 0.1) is 18.2 Å². The second-order valence-corrected chi connectivity index (χ2v) is 7.14. The quantitative estimate of drug-likeness (QED) is 0.722. The minimum absolute atomic E-state index is 0.189. The van der Waals surface area contributed by atoms with Crippen LogP contribution in [-0.2, 0) is 14.3 Å². The molecule has 1 aliphatic rings. The molecule has 1 aliphatic carbocycles. The van der Waals surface area contributed by atoms with E-state index >= 15 is 0 Å². The molecule has 1 fully saturated rings. The lowest BCUT2D eigenvalue weighted by molar-refractivity contribution is -0.130. The first-order valence-electron chi connectivity index (χ1n) is 9.55. The Hall–Kier alpha value is -2.82. The topological polar surface area (TPSA) is 121 Å². The van der Waals surface area contributed by atoms with Gasteiger partial charge in [-0.1, -0.05) is 19.3 Å². The van der Waals surface area contributed by atoms with E-state index in [1.807, 2.05) is 0 Å². The second kappa shape index (κ2) is 8.91. The maximum Gasteiger partial charge on any atom is 0.355 e. The van der Waals surface area contributed by atoms with Crippen LogP contribution in [0.3, 0.4) is 0 Å². The predicted octanol–water partition coefficient (Wildman–Crippen LogP) is 2.70. The van der Waals surface area contributed by atoms with Crippen molar-refractivity contribution in [1.29, 1.82) is 5.26 Å². The number of aromatic amines is 1. The normalized spacial score (nSPS) is 16.5. The van der Waals surface area contributed by atoms with Crippen LogP contribution in [0.5, 0.6) is 0 Å². The fourth-order valence-electron chi connectivity index (χ4n) is 3.49. The van der Waals surface area contributed by atoms with Crippen LogP contribution in [-0.4, -0.2) is 41.1 Å². The molecule has 0 radical (unpaired) electrons. The molecular formula is C20H27N3O5. The smallest absolute Gasteiger partial charge is 0.355 e. The van der Waals surface area contributed by atoms with Gasteiger partial charge >= 0.3 is 11.9 Å². The van der Waals surface area contributed by atoms with E-state index < -0.39 is 29.5 Å². The van der Waals surface area contributed by atoms with Gasteiger partial charge in [0.1, 0.15) is 11.2 Å². The Kier molecular flexibility index (Phi) is 6.84. The molecule has 0 bridgehead atoms. The number of esters is 2. The molecule has 0 spiro atoms. The highest BCUT2D eigenvalue weighted by Gasteiger charge is 2.36. The van der Waals surface area contributed by atoms with Crippen LogP contribution in [0.4, 0.5) is 0 Å². The summed E-state index contributed by atoms with van der Waals surface area (Å²) in [7, 11) is 0. The van der Waals surface area contributed by atoms with Gasteiger partial charge in [-0.2, -0.15) is 5.26 Å². The number of amides is 1. The number of carbonyl (C=O) groups excluding carboxylic acids is 3. The third-order valence-electron chi connectivity index (χ3n) is 5.06. The predicted molar refractivity (Wildman–Crippen MR) is 101 cm³/mol. The van der Waals surface area contributed by atoms with E-state index in [0.29, 0.717) is 24.1 Å². The van der Waals surface area contributed by atoms with Crippen LogP contribution in [0.2, 0.25) is 0 Å². The molecular weight excluding hydrogens is 362 g/mol. The average molecular weight is 389 g/mol. The highest BCUT2D eigenvalue weighted by Crippen LogP contribution is 2.28. The summed E-state index contributed by atoms with van der Waals surface area (Å²) in [5.74, 6) is -1.77. The fraction of sp³-hybridized carbons (Fsp3) is 0.600. The van der Waals surface area contributed by atoms with Gasteiger partial charge in [-0.25, -0.2) is 9.59 Å². The van der Waals surface area contributed by atoms with E-state index in [0.717, 1.165) is 19.3 Å². The Morgan fingerprint density at radius 2 is 1.86 bits per heavy atom. The van der Waals surface area contributed by atoms with Crippen molar-refractivity contribution < 1.29 is 23.9 Å². The van der Waals surface area contributed by atoms with Gasteiger partial charge in [0.2, 0.25) is 0 Å². The molecule has 8 nitrogen and oxygen atoms in total. The van der Waals surface area contributed by atoms with Crippen molar-refractivity contribution in [2.24, 2.45) is 0 Å². The molecule has 152 valence electrons. The van der Waals surface area contributed by atoms with E-state index in [4.69, 9.17) is 9.47 Å². The number of rotatable bonds is 6. The van der Waals surface area contributed by atoms with Gasteiger partial charge in [-0.3, -0.25) is 4.79 Å². The standard InChI is InChI=1S/C20H27N3O5/c1-5-27-19(26)16-12(2)15(13(3)22-16)18(25)28-14(4)17(24)23-20(11-21)9-7-6-8-10-20/h14,22H,5-10H2,1-4H3,(H,23,24). The highest BCUT2D eigenvalue weighted by molar-refractivity contribution is 5.99. The monoisotopic (exact) mass is 389 g/mol. The first-order valence-corrected chi connectivity index (χ1v) is 9.55. The Morgan fingerprint density at radius 1 is 1.21 bits per heavy atom. The molecule has 1 unspecified atom stereocenters. The summed E-state index contributed by atoms with van der Waals surface area (Å²) in [6.45, 7) is 6.63. The van der Waals surface area contributed by atoms with Crippen molar-refractivity contribution in [2.45, 2.75) is 71.4 Å². The van der Waals surface area contributed by atoms with E-state index in [2.05, 4.69) is 16.4 Å². The number of carbonyl (C=O) groups is 3. The minimum Gasteiger partial charge on any atom is -0.461 e. The largest absolute Gasteiger partial charge is 0.461 e. The van der Waals surface area contributed by atoms with Crippen LogP contribution >= 0.6 is 0 Å². The van der Waals surface area contributed by atoms with Crippen molar-refractivity contribution in [3.8, 4) is 6.07 Å². The highest BCUT2D eigenvalue weighted by atomic mass is 16.5. The zero-order valence-corrected chi connectivity index (χ0v) is 16.8. The summed E-state index contributed by atoms with van der Waals surface area (Å²) in [6, 6.07) is 2.21. The van der Waals surface area contributed by atoms with E-state index in [1.54, 1.807) is 20.8 Å². The van der Waals surface area contributed by atoms with Crippen molar-refractivity contribution in [3.05, 3.63) is 22.5 Å². The van der Waals surface area contributed by atoms with Crippen molar-refractivity contribution in [2.75, 3.05) is 6.61 Å². The zero-order valence-electron chi connectivity index (χ0n) is 16.8. The maximum absolute atomic E-state index is 12.6. The third-order valence-corrected chi connectivity index (χ3v) is 5.06. The zero-order chi connectivity index (χ0) is 20.9. The molecule has 1 atom stereocenters. The van der Waals surface area contributed by atoms with Crippen molar-refractivity contribution >= 4 is 17.8 Å². The molecule has 1 saturated carbocycles. The Labute approximate surface area is 164 Å². The van der Waals surface area contributed by atoms with E-state index in [-0.39, 0.29) is 17.9 Å². The lowest BCUT2D eigenvalue weighted by Crippen LogP contribution is -2.52. The van der Waals surface area contributed by atoms with E-state index in [1.165, 1.54) is 6.92 Å². The molecule has 8 heteroatoms. The van der Waals surface area contributed by atoms with Gasteiger partial charge in [0.15, 0.2) is 6.10 Å². The first kappa shape index (κ1) is 21.5. The van der Waals surface area contributed by atoms with Gasteiger partial charge in [-0.05, 0) is 46.1 Å². The van der Waals surface area contributed by atoms with Crippen LogP contribution < -0.4 is 5.32 Å². The molecule has 0 saturated heterocycles. The first-order chi connectivity index (χ1) is 13.2. The van der Waals surface area contributed by atoms with Gasteiger partial charge < -0.3 is 19.8 Å². The Morgan fingerprint density at radius 3 is 2.43 bits per heavy atom. The van der Waals surface area contributed by atoms with Crippen LogP contribution in [0.15, 0.2) is 0 Å². The molecule has 28 heavy (non-hydrogen) atoms. The molecule has 2 N–H and O–H groups in total. The third kappa shape index (κ3) is 4.53. The van der Waals surface area contributed by atoms with Crippen LogP contribution in [0.25, 0.3) is 0 Å². The van der Waals surface area contributed by atoms with Gasteiger partial charge in [0, 0.05) is 5.69 Å². The SMILES string of the molecule is CCOC(=O)c1[nH]c(C)c(C(=O)OC(C)C(=O)NC2(C#N)CCCCC2)c1C. The molecule has 0 aliphatic heterocycles. The number of H-pyrrole nitrogens is 1. The number of ether oxygens (including phenoxy) is 2. The summed E-state index contributed by atoms with van der Waals surface area (Å²) in [4.78, 5) is 39.9. The maximum atomic E-state index is 12.6. The summed E-state index contributed by atoms with van der Waals surface area (Å²) in [5, 5.41) is 12.2. The molecule has 2 rings (SSSR count). The summed E-state index contributed by atoms with van der Waals surface area (Å²) >= 11 is 0. The van der Waals surface area contributed by atoms with Crippen molar-refractivity contribution in [1.82, 2.24) is 10.3 Å². The van der Waals surface area contributed by atoms with Gasteiger partial charge in [-0.15, -0.1) is 0 Å². The number of aryl methyl sites for hydroxylation is 1. The molecule has 1 heterocycles. The summed E-state index contributed by atoms with van der Waals surface area (Å²) < 4.78 is 10.3. The molecule has 1 amide bonds. The molecule has 1 aromatic rings. The summed E-state index contributed by atoms with van der Waals surface area (Å²) in [5.41, 5.74) is 0.366. The number of nitrogens with zero attached hydrogens (tertiary/aromatic N) is 1. The minimum atomic E-state index is -1.07. The molecule has 1 aromatic heterocycles. The summed E-state index contributed by atoms with van der Waals surface area (Å²) in [6.07, 6.45) is 2.91. The average Bonchev–Trinajstić information content (AvgIpc) is 2.97. The number of hydrogen-bond donors (Lipinski definition) is 2. The van der Waals surface area contributed by atoms with Crippen LogP contribution in [0, 0.1) is 25.2 Å². The second-order valence-electron chi connectivity index (χ2n) is 7.14. The van der Waals surface area contributed by atoms with Crippen molar-refractivity contribution in [3.63, 3.8) is 0 Å². The number of nitrogens with one attached hydrogen (secondary N) is 2. The lowest BCUT2D eigenvalue weighted by Gasteiger charge is -2.32. The lowest BCUT2D eigenvalue weighted by atomic mass is 9.83. The number of aromatic nitrogens is 1. The number of hydrogen-bond acceptors (Lipinski definition) is 6. The van der Waals surface area contributed by atoms with Gasteiger partial charge in [0.25, 0.3) is 5.91 Å². The Bertz CT molecular complexity index is 799. The number of nitriles is 1. The fourth-order valence-corrected chi connectivity index (χ4v) is 3.49. The van der Waals surface area contributed by atoms with Crippen LogP contribution in [0.1, 0.15) is 78.1 Å². The molecule has 0 aromatic carbocycles. The van der Waals surface area contributed by atoms with E-state index in [9.17, 15) is 19.6 Å².